The van der Waals surface area contributed by atoms with Crippen LogP contribution in [0.2, 0.25) is 0 Å². The molecule has 2 aromatic rings. The predicted molar refractivity (Wildman–Crippen MR) is 172 cm³/mol. The molecule has 0 radical (unpaired) electrons. The summed E-state index contributed by atoms with van der Waals surface area (Å²) in [6.07, 6.45) is 3.15. The number of urea groups is 1. The lowest BCUT2D eigenvalue weighted by Gasteiger charge is -2.37. The number of carbonyl (C=O) groups excluding carboxylic acids is 6. The summed E-state index contributed by atoms with van der Waals surface area (Å²) in [5.41, 5.74) is 12.0. The van der Waals surface area contributed by atoms with Gasteiger partial charge in [0.2, 0.25) is 29.5 Å². The van der Waals surface area contributed by atoms with E-state index in [2.05, 4.69) is 30.8 Å². The van der Waals surface area contributed by atoms with Crippen molar-refractivity contribution in [2.75, 3.05) is 25.6 Å². The molecule has 1 fully saturated rings. The van der Waals surface area contributed by atoms with E-state index in [0.717, 1.165) is 15.8 Å². The fourth-order valence-electron chi connectivity index (χ4n) is 5.32. The summed E-state index contributed by atoms with van der Waals surface area (Å²) >= 11 is 5.55. The predicted octanol–water partition coefficient (Wildman–Crippen LogP) is -1.17. The molecule has 0 saturated carbocycles. The van der Waals surface area contributed by atoms with Gasteiger partial charge in [0.1, 0.15) is 30.0 Å². The number of nitrogens with one attached hydrogen (secondary N) is 5. The van der Waals surface area contributed by atoms with E-state index in [0.29, 0.717) is 18.4 Å². The maximum Gasteiger partial charge on any atom is 0.469 e. The zero-order valence-electron chi connectivity index (χ0n) is 25.9. The zero-order chi connectivity index (χ0) is 35.4. The van der Waals surface area contributed by atoms with Gasteiger partial charge in [-0.3, -0.25) is 28.5 Å². The lowest BCUT2D eigenvalue weighted by molar-refractivity contribution is -0.146. The van der Waals surface area contributed by atoms with Crippen molar-refractivity contribution in [3.8, 4) is 0 Å². The van der Waals surface area contributed by atoms with E-state index in [9.17, 15) is 33.3 Å². The van der Waals surface area contributed by atoms with Crippen LogP contribution >= 0.6 is 19.4 Å². The molecule has 2 heterocycles. The number of alkyl halides is 1. The number of primary amides is 2. The number of halogens is 1. The first-order valence-electron chi connectivity index (χ1n) is 15.0. The molecule has 1 aliphatic heterocycles. The van der Waals surface area contributed by atoms with Crippen molar-refractivity contribution in [1.82, 2.24) is 31.2 Å². The van der Waals surface area contributed by atoms with Crippen molar-refractivity contribution in [1.29, 1.82) is 0 Å². The number of likely N-dealkylation sites (tertiary alicyclic amines) is 1. The molecule has 18 nitrogen and oxygen atoms in total. The van der Waals surface area contributed by atoms with E-state index < -0.39 is 80.0 Å². The first-order chi connectivity index (χ1) is 22.7. The van der Waals surface area contributed by atoms with Crippen LogP contribution in [-0.4, -0.2) is 105 Å². The van der Waals surface area contributed by atoms with Crippen LogP contribution in [0.3, 0.4) is 0 Å². The number of nitrogens with zero attached hydrogens (tertiary/aromatic N) is 1. The third-order valence-corrected chi connectivity index (χ3v) is 8.34. The molecule has 4 atom stereocenters. The van der Waals surface area contributed by atoms with Crippen LogP contribution in [0, 0.1) is 0 Å². The number of rotatable bonds is 17. The Morgan fingerprint density at radius 2 is 1.77 bits per heavy atom. The SMILES string of the molecule is NC(=O)NCCCC(NC(=O)C(Cc1c[nH]c2ccccc12)NC(=O)[C@@H]1CCCCN1C(=O)C(COP(=O)(O)O)NC(=O)CCl)C(N)=O. The van der Waals surface area contributed by atoms with Crippen LogP contribution in [0.25, 0.3) is 10.9 Å². The molecule has 1 aromatic carbocycles. The first-order valence-corrected chi connectivity index (χ1v) is 17.1. The zero-order valence-corrected chi connectivity index (χ0v) is 27.5. The molecule has 1 aliphatic rings. The van der Waals surface area contributed by atoms with Gasteiger partial charge in [-0.2, -0.15) is 0 Å². The number of para-hydroxylation sites is 1. The second-order valence-electron chi connectivity index (χ2n) is 11.1. The minimum absolute atomic E-state index is 0.0263. The molecule has 11 N–H and O–H groups in total. The molecule has 20 heteroatoms. The van der Waals surface area contributed by atoms with Crippen LogP contribution in [-0.2, 0) is 39.5 Å². The van der Waals surface area contributed by atoms with E-state index in [4.69, 9.17) is 32.9 Å². The maximum atomic E-state index is 13.8. The Morgan fingerprint density at radius 1 is 1.04 bits per heavy atom. The third kappa shape index (κ3) is 11.5. The molecule has 0 spiro atoms. The van der Waals surface area contributed by atoms with Crippen LogP contribution in [0.5, 0.6) is 0 Å². The van der Waals surface area contributed by atoms with E-state index in [-0.39, 0.29) is 38.8 Å². The van der Waals surface area contributed by atoms with Crippen molar-refractivity contribution in [2.45, 2.75) is 62.7 Å². The molecule has 0 aliphatic carbocycles. The molecule has 1 saturated heterocycles. The minimum atomic E-state index is -5.03. The maximum absolute atomic E-state index is 13.8. The van der Waals surface area contributed by atoms with Gasteiger partial charge in [0.15, 0.2) is 0 Å². The molecule has 264 valence electrons. The van der Waals surface area contributed by atoms with Crippen molar-refractivity contribution in [3.63, 3.8) is 0 Å². The number of phosphoric acid groups is 1. The number of aromatic amines is 1. The third-order valence-electron chi connectivity index (χ3n) is 7.61. The van der Waals surface area contributed by atoms with Crippen molar-refractivity contribution < 1.29 is 47.6 Å². The molecule has 3 unspecified atom stereocenters. The van der Waals surface area contributed by atoms with Crippen LogP contribution in [0.4, 0.5) is 4.79 Å². The van der Waals surface area contributed by atoms with Gasteiger partial charge in [0.25, 0.3) is 0 Å². The number of carbonyl (C=O) groups is 6. The highest BCUT2D eigenvalue weighted by molar-refractivity contribution is 7.46. The minimum Gasteiger partial charge on any atom is -0.368 e. The summed E-state index contributed by atoms with van der Waals surface area (Å²) in [5.74, 6) is -4.52. The highest BCUT2D eigenvalue weighted by Gasteiger charge is 2.38. The molecular weight excluding hydrogens is 675 g/mol. The summed E-state index contributed by atoms with van der Waals surface area (Å²) < 4.78 is 15.8. The average Bonchev–Trinajstić information content (AvgIpc) is 3.45. The number of hydrogen-bond donors (Lipinski definition) is 9. The van der Waals surface area contributed by atoms with Crippen LogP contribution < -0.4 is 32.7 Å². The second-order valence-corrected chi connectivity index (χ2v) is 12.6. The summed E-state index contributed by atoms with van der Waals surface area (Å²) in [5, 5.41) is 10.7. The monoisotopic (exact) mass is 714 g/mol. The number of aromatic nitrogens is 1. The number of fused-ring (bicyclic) bond motifs is 1. The van der Waals surface area contributed by atoms with E-state index >= 15 is 0 Å². The molecular formula is C28H40ClN8O10P. The number of amides is 7. The summed E-state index contributed by atoms with van der Waals surface area (Å²) in [4.78, 5) is 98.9. The number of hydrogen-bond acceptors (Lipinski definition) is 8. The molecule has 48 heavy (non-hydrogen) atoms. The highest BCUT2D eigenvalue weighted by Crippen LogP contribution is 2.36. The van der Waals surface area contributed by atoms with Crippen molar-refractivity contribution in [2.24, 2.45) is 11.5 Å². The van der Waals surface area contributed by atoms with Gasteiger partial charge >= 0.3 is 13.9 Å². The fraction of sp³-hybridized carbons (Fsp3) is 0.500. The summed E-state index contributed by atoms with van der Waals surface area (Å²) in [7, 11) is -5.03. The van der Waals surface area contributed by atoms with Gasteiger partial charge in [-0.15, -0.1) is 11.6 Å². The van der Waals surface area contributed by atoms with Crippen molar-refractivity contribution in [3.05, 3.63) is 36.0 Å². The highest BCUT2D eigenvalue weighted by atomic mass is 35.5. The summed E-state index contributed by atoms with van der Waals surface area (Å²) in [6, 6.07) is 1.40. The van der Waals surface area contributed by atoms with Gasteiger partial charge in [0.05, 0.1) is 6.61 Å². The average molecular weight is 715 g/mol. The normalized spacial score (nSPS) is 16.7. The molecule has 1 aromatic heterocycles. The smallest absolute Gasteiger partial charge is 0.368 e. The Balaban J connectivity index is 1.85. The Kier molecular flexibility index (Phi) is 14.2. The van der Waals surface area contributed by atoms with E-state index in [1.54, 1.807) is 12.3 Å². The number of piperidine rings is 1. The van der Waals surface area contributed by atoms with Gasteiger partial charge in [-0.05, 0) is 43.7 Å². The second kappa shape index (κ2) is 17.8. The Morgan fingerprint density at radius 3 is 2.44 bits per heavy atom. The standard InChI is InChI=1S/C28H40ClN8O10P/c29-13-23(38)34-21(15-47-48(44,45)46)27(42)37-11-4-3-9-22(37)26(41)36-20(12-16-14-33-18-7-2-1-6-17(16)18)25(40)35-19(24(30)39)8-5-10-32-28(31)43/h1-2,6-7,14,19-22,33H,3-5,8-13,15H2,(H2,30,39)(H,34,38)(H,35,40)(H,36,41)(H3,31,32,43)(H2,44,45,46)/t19?,20?,21?,22-/m0/s1. The Labute approximate surface area is 280 Å². The van der Waals surface area contributed by atoms with Gasteiger partial charge < -0.3 is 52.4 Å². The molecule has 7 amide bonds. The van der Waals surface area contributed by atoms with Crippen molar-refractivity contribution >= 4 is 65.9 Å². The topological polar surface area (TPSA) is 288 Å². The van der Waals surface area contributed by atoms with Crippen LogP contribution in [0.15, 0.2) is 30.5 Å². The number of phosphoric ester groups is 1. The van der Waals surface area contributed by atoms with E-state index in [1.807, 2.05) is 18.2 Å². The fourth-order valence-corrected chi connectivity index (χ4v) is 5.74. The number of nitrogens with two attached hydrogens (primary N) is 2. The van der Waals surface area contributed by atoms with Gasteiger partial charge in [0, 0.05) is 36.6 Å². The Bertz CT molecular complexity index is 1530. The number of benzene rings is 1. The lowest BCUT2D eigenvalue weighted by atomic mass is 9.98. The van der Waals surface area contributed by atoms with Crippen LogP contribution in [0.1, 0.15) is 37.7 Å². The lowest BCUT2D eigenvalue weighted by Crippen LogP contribution is -2.61. The van der Waals surface area contributed by atoms with Gasteiger partial charge in [-0.1, -0.05) is 18.2 Å². The van der Waals surface area contributed by atoms with Gasteiger partial charge in [-0.25, -0.2) is 9.36 Å². The van der Waals surface area contributed by atoms with E-state index in [1.165, 1.54) is 0 Å². The molecule has 3 rings (SSSR count). The molecule has 0 bridgehead atoms. The quantitative estimate of drug-likeness (QED) is 0.0537. The Hall–Kier alpha value is -4.22. The summed E-state index contributed by atoms with van der Waals surface area (Å²) in [6.45, 7) is -0.713. The number of H-pyrrole nitrogens is 1. The largest absolute Gasteiger partial charge is 0.469 e. The first kappa shape index (κ1) is 38.2.